The molecule has 4 heterocycles. The molecule has 2 saturated heterocycles. The molecular weight excluding hydrogens is 601 g/mol. The molecule has 2 aliphatic heterocycles. The highest BCUT2D eigenvalue weighted by Crippen LogP contribution is 2.39. The fourth-order valence-electron chi connectivity index (χ4n) is 5.45. The number of ether oxygens (including phenoxy) is 1. The van der Waals surface area contributed by atoms with Crippen LogP contribution in [0.2, 0.25) is 0 Å². The van der Waals surface area contributed by atoms with E-state index in [1.165, 1.54) is 12.3 Å². The van der Waals surface area contributed by atoms with Crippen LogP contribution in [0.3, 0.4) is 0 Å². The van der Waals surface area contributed by atoms with Crippen molar-refractivity contribution in [1.29, 1.82) is 0 Å². The molecule has 2 aliphatic rings. The van der Waals surface area contributed by atoms with Crippen LogP contribution in [0.4, 0.5) is 39.3 Å². The number of carbonyl (C=O) groups is 1. The maximum atomic E-state index is 16.6. The van der Waals surface area contributed by atoms with Crippen LogP contribution >= 0.6 is 0 Å². The summed E-state index contributed by atoms with van der Waals surface area (Å²) in [6, 6.07) is 2.59. The highest BCUT2D eigenvalue weighted by Gasteiger charge is 2.37. The highest BCUT2D eigenvalue weighted by atomic mass is 19.4. The van der Waals surface area contributed by atoms with Gasteiger partial charge in [0.1, 0.15) is 11.5 Å². The summed E-state index contributed by atoms with van der Waals surface area (Å²) < 4.78 is 79.5. The second-order valence-corrected chi connectivity index (χ2v) is 11.6. The summed E-state index contributed by atoms with van der Waals surface area (Å²) in [4.78, 5) is 41.3. The number of morpholine rings is 1. The van der Waals surface area contributed by atoms with E-state index in [2.05, 4.69) is 20.3 Å². The average molecular weight is 636 g/mol. The van der Waals surface area contributed by atoms with Gasteiger partial charge < -0.3 is 29.7 Å². The standard InChI is InChI=1S/C30H34F5N7O3/c1-16(2)23-15-42(9-10-45-23)29-36-6-5-21(38-29)25-20(31)12-22(41-8-7-40(4)17(3)14-41)27(26(25)32)39-28(44)18-13-37-24(43)11-19(18)30(33,34)35/h5-6,11-13,16-17,23H,7-10,14-15H2,1-4H3,(H,37,43)(H,39,44). The molecule has 2 atom stereocenters. The van der Waals surface area contributed by atoms with E-state index in [1.807, 2.05) is 37.6 Å². The lowest BCUT2D eigenvalue weighted by molar-refractivity contribution is -0.138. The fourth-order valence-corrected chi connectivity index (χ4v) is 5.45. The monoisotopic (exact) mass is 635 g/mol. The Hall–Kier alpha value is -4.11. The second kappa shape index (κ2) is 12.7. The Labute approximate surface area is 256 Å². The zero-order valence-corrected chi connectivity index (χ0v) is 25.2. The summed E-state index contributed by atoms with van der Waals surface area (Å²) in [5.74, 6) is -3.09. The molecule has 10 nitrogen and oxygen atoms in total. The number of hydrogen-bond acceptors (Lipinski definition) is 8. The molecule has 15 heteroatoms. The molecule has 2 fully saturated rings. The number of aromatic nitrogens is 3. The molecule has 5 rings (SSSR count). The molecule has 1 aromatic carbocycles. The Morgan fingerprint density at radius 2 is 1.89 bits per heavy atom. The van der Waals surface area contributed by atoms with Gasteiger partial charge in [-0.25, -0.2) is 18.7 Å². The lowest BCUT2D eigenvalue weighted by Gasteiger charge is -2.39. The second-order valence-electron chi connectivity index (χ2n) is 11.6. The molecule has 0 saturated carbocycles. The summed E-state index contributed by atoms with van der Waals surface area (Å²) in [7, 11) is 1.90. The van der Waals surface area contributed by atoms with Crippen LogP contribution < -0.4 is 20.7 Å². The topological polar surface area (TPSA) is 107 Å². The third-order valence-electron chi connectivity index (χ3n) is 8.23. The number of piperazine rings is 1. The molecule has 242 valence electrons. The normalized spacial score (nSPS) is 19.7. The van der Waals surface area contributed by atoms with Crippen LogP contribution in [0.15, 0.2) is 35.4 Å². The Morgan fingerprint density at radius 3 is 2.58 bits per heavy atom. The van der Waals surface area contributed by atoms with Crippen molar-refractivity contribution < 1.29 is 31.5 Å². The van der Waals surface area contributed by atoms with Crippen molar-refractivity contribution in [3.63, 3.8) is 0 Å². The van der Waals surface area contributed by atoms with Crippen molar-refractivity contribution >= 4 is 23.2 Å². The van der Waals surface area contributed by atoms with Gasteiger partial charge in [-0.15, -0.1) is 0 Å². The molecule has 3 aromatic rings. The van der Waals surface area contributed by atoms with Crippen molar-refractivity contribution in [2.24, 2.45) is 5.92 Å². The first-order valence-electron chi connectivity index (χ1n) is 14.5. The van der Waals surface area contributed by atoms with E-state index in [0.717, 1.165) is 6.07 Å². The lowest BCUT2D eigenvalue weighted by atomic mass is 10.0. The number of carbonyl (C=O) groups excluding carboxylic acids is 1. The van der Waals surface area contributed by atoms with Gasteiger partial charge in [0.2, 0.25) is 11.5 Å². The van der Waals surface area contributed by atoms with E-state index in [4.69, 9.17) is 4.74 Å². The number of hydrogen-bond donors (Lipinski definition) is 2. The zero-order chi connectivity index (χ0) is 32.6. The van der Waals surface area contributed by atoms with Gasteiger partial charge in [0.25, 0.3) is 5.91 Å². The third kappa shape index (κ3) is 6.78. The number of rotatable bonds is 6. The number of likely N-dealkylation sites (N-methyl/N-ethyl adjacent to an activating group) is 1. The van der Waals surface area contributed by atoms with Gasteiger partial charge in [-0.2, -0.15) is 13.2 Å². The number of halogens is 5. The minimum atomic E-state index is -5.05. The molecule has 0 aliphatic carbocycles. The Bertz CT molecular complexity index is 1630. The van der Waals surface area contributed by atoms with E-state index in [-0.39, 0.29) is 41.5 Å². The van der Waals surface area contributed by atoms with Crippen molar-refractivity contribution in [1.82, 2.24) is 19.9 Å². The van der Waals surface area contributed by atoms with Crippen molar-refractivity contribution in [3.8, 4) is 11.3 Å². The maximum Gasteiger partial charge on any atom is 0.417 e. The van der Waals surface area contributed by atoms with E-state index in [9.17, 15) is 22.8 Å². The number of amides is 1. The Morgan fingerprint density at radius 1 is 1.13 bits per heavy atom. The quantitative estimate of drug-likeness (QED) is 0.385. The number of alkyl halides is 3. The molecule has 45 heavy (non-hydrogen) atoms. The first kappa shape index (κ1) is 32.3. The predicted octanol–water partition coefficient (Wildman–Crippen LogP) is 4.38. The van der Waals surface area contributed by atoms with Crippen LogP contribution in [0.25, 0.3) is 11.3 Å². The molecule has 1 amide bonds. The van der Waals surface area contributed by atoms with Gasteiger partial charge in [-0.1, -0.05) is 13.8 Å². The molecule has 0 radical (unpaired) electrons. The SMILES string of the molecule is CC(C)C1CN(c2nccc(-c3c(F)cc(N4CCN(C)C(C)C4)c(NC(=O)c4c[nH]c(=O)cc4C(F)(F)F)c3F)n2)CCO1. The third-order valence-corrected chi connectivity index (χ3v) is 8.23. The first-order chi connectivity index (χ1) is 21.2. The minimum Gasteiger partial charge on any atom is -0.374 e. The number of aromatic amines is 1. The summed E-state index contributed by atoms with van der Waals surface area (Å²) in [5, 5.41) is 2.26. The summed E-state index contributed by atoms with van der Waals surface area (Å²) in [5.41, 5.74) is -4.74. The number of anilines is 3. The van der Waals surface area contributed by atoms with Crippen molar-refractivity contribution in [3.05, 3.63) is 63.7 Å². The van der Waals surface area contributed by atoms with Crippen LogP contribution in [0.1, 0.15) is 36.7 Å². The summed E-state index contributed by atoms with van der Waals surface area (Å²) >= 11 is 0. The molecular formula is C30H34F5N7O3. The Balaban J connectivity index is 1.59. The van der Waals surface area contributed by atoms with Gasteiger partial charge in [0.05, 0.1) is 40.8 Å². The summed E-state index contributed by atoms with van der Waals surface area (Å²) in [6.07, 6.45) is -3.17. The van der Waals surface area contributed by atoms with Crippen LogP contribution in [0.5, 0.6) is 0 Å². The number of pyridine rings is 1. The smallest absolute Gasteiger partial charge is 0.374 e. The molecule has 2 aromatic heterocycles. The van der Waals surface area contributed by atoms with Gasteiger partial charge in [-0.3, -0.25) is 9.59 Å². The van der Waals surface area contributed by atoms with E-state index in [1.54, 1.807) is 4.90 Å². The molecule has 2 N–H and O–H groups in total. The van der Waals surface area contributed by atoms with Crippen LogP contribution in [-0.4, -0.2) is 84.3 Å². The van der Waals surface area contributed by atoms with E-state index >= 15 is 8.78 Å². The van der Waals surface area contributed by atoms with Gasteiger partial charge in [0.15, 0.2) is 5.82 Å². The number of benzene rings is 1. The maximum absolute atomic E-state index is 16.6. The van der Waals surface area contributed by atoms with Gasteiger partial charge in [0, 0.05) is 63.3 Å². The first-order valence-corrected chi connectivity index (χ1v) is 14.5. The highest BCUT2D eigenvalue weighted by molar-refractivity contribution is 6.07. The van der Waals surface area contributed by atoms with Crippen LogP contribution in [0, 0.1) is 17.6 Å². The predicted molar refractivity (Wildman–Crippen MR) is 158 cm³/mol. The van der Waals surface area contributed by atoms with Gasteiger partial charge in [-0.05, 0) is 26.0 Å². The van der Waals surface area contributed by atoms with Crippen molar-refractivity contribution in [2.45, 2.75) is 39.1 Å². The number of H-pyrrole nitrogens is 1. The minimum absolute atomic E-state index is 0.0308. The fraction of sp³-hybridized carbons (Fsp3) is 0.467. The van der Waals surface area contributed by atoms with E-state index < -0.39 is 51.7 Å². The molecule has 0 bridgehead atoms. The number of nitrogens with zero attached hydrogens (tertiary/aromatic N) is 5. The van der Waals surface area contributed by atoms with Crippen LogP contribution in [-0.2, 0) is 10.9 Å². The van der Waals surface area contributed by atoms with Crippen molar-refractivity contribution in [2.75, 3.05) is 61.5 Å². The summed E-state index contributed by atoms with van der Waals surface area (Å²) in [6.45, 7) is 8.48. The zero-order valence-electron chi connectivity index (χ0n) is 25.2. The molecule has 0 spiro atoms. The largest absolute Gasteiger partial charge is 0.417 e. The average Bonchev–Trinajstić information content (AvgIpc) is 2.99. The molecule has 2 unspecified atom stereocenters. The number of nitrogens with one attached hydrogen (secondary N) is 2. The lowest BCUT2D eigenvalue weighted by Crippen LogP contribution is -2.50. The van der Waals surface area contributed by atoms with Gasteiger partial charge >= 0.3 is 6.18 Å². The van der Waals surface area contributed by atoms with E-state index in [0.29, 0.717) is 45.5 Å². The Kier molecular flexibility index (Phi) is 9.12.